The summed E-state index contributed by atoms with van der Waals surface area (Å²) in [5.74, 6) is -2.99. The third-order valence-electron chi connectivity index (χ3n) is 3.08. The Balaban J connectivity index is 2.25. The maximum Gasteiger partial charge on any atom is 0.349 e. The van der Waals surface area contributed by atoms with Gasteiger partial charge in [0.15, 0.2) is 0 Å². The monoisotopic (exact) mass is 306 g/mol. The van der Waals surface area contributed by atoms with Gasteiger partial charge in [0.25, 0.3) is 5.91 Å². The molecule has 0 saturated carbocycles. The first-order valence-electron chi connectivity index (χ1n) is 6.81. The molecule has 5 N–H and O–H groups in total. The van der Waals surface area contributed by atoms with Crippen LogP contribution in [0.25, 0.3) is 0 Å². The van der Waals surface area contributed by atoms with Gasteiger partial charge in [-0.25, -0.2) is 4.79 Å². The number of hydrogen-bond acceptors (Lipinski definition) is 5. The Morgan fingerprint density at radius 3 is 2.50 bits per heavy atom. The number of hydrogen-bond donors (Lipinski definition) is 3. The minimum Gasteiger partial charge on any atom is -0.369 e. The van der Waals surface area contributed by atoms with Gasteiger partial charge in [-0.05, 0) is 18.4 Å². The van der Waals surface area contributed by atoms with E-state index in [2.05, 4.69) is 4.84 Å². The second-order valence-electron chi connectivity index (χ2n) is 4.85. The van der Waals surface area contributed by atoms with Crippen LogP contribution in [-0.2, 0) is 25.6 Å². The van der Waals surface area contributed by atoms with Gasteiger partial charge in [-0.1, -0.05) is 37.3 Å². The summed E-state index contributed by atoms with van der Waals surface area (Å²) in [6.07, 6.45) is 2.47. The van der Waals surface area contributed by atoms with Crippen LogP contribution < -0.4 is 16.9 Å². The molecule has 0 heterocycles. The fourth-order valence-electron chi connectivity index (χ4n) is 1.58. The molecule has 0 fully saturated rings. The lowest BCUT2D eigenvalue weighted by Crippen LogP contribution is -2.46. The molecule has 22 heavy (non-hydrogen) atoms. The zero-order valence-electron chi connectivity index (χ0n) is 12.3. The van der Waals surface area contributed by atoms with Crippen molar-refractivity contribution < 1.29 is 19.2 Å². The van der Waals surface area contributed by atoms with E-state index in [-0.39, 0.29) is 6.42 Å². The highest BCUT2D eigenvalue weighted by atomic mass is 16.7. The SMILES string of the molecule is C[C@@H](C(N)=O)[C@@H](N)C(=O)ONC(=O)C[CH]Cc1ccccc1. The van der Waals surface area contributed by atoms with E-state index in [1.807, 2.05) is 35.8 Å². The summed E-state index contributed by atoms with van der Waals surface area (Å²) in [7, 11) is 0. The number of benzene rings is 1. The molecule has 2 amide bonds. The molecule has 0 saturated heterocycles. The van der Waals surface area contributed by atoms with Crippen LogP contribution in [0.4, 0.5) is 0 Å². The van der Waals surface area contributed by atoms with E-state index >= 15 is 0 Å². The van der Waals surface area contributed by atoms with E-state index in [9.17, 15) is 14.4 Å². The topological polar surface area (TPSA) is 125 Å². The Kier molecular flexibility index (Phi) is 7.04. The van der Waals surface area contributed by atoms with Crippen LogP contribution in [0.1, 0.15) is 18.9 Å². The molecule has 2 atom stereocenters. The van der Waals surface area contributed by atoms with Crippen molar-refractivity contribution in [3.05, 3.63) is 42.3 Å². The molecule has 0 aromatic heterocycles. The number of hydroxylamine groups is 1. The quantitative estimate of drug-likeness (QED) is 0.604. The summed E-state index contributed by atoms with van der Waals surface area (Å²) in [6, 6.07) is 8.40. The van der Waals surface area contributed by atoms with E-state index in [0.29, 0.717) is 6.42 Å². The van der Waals surface area contributed by atoms with Gasteiger partial charge in [0.1, 0.15) is 6.04 Å². The van der Waals surface area contributed by atoms with Gasteiger partial charge >= 0.3 is 5.97 Å². The molecule has 119 valence electrons. The molecule has 1 aromatic rings. The molecule has 7 nitrogen and oxygen atoms in total. The summed E-state index contributed by atoms with van der Waals surface area (Å²) < 4.78 is 0. The molecule has 0 aliphatic heterocycles. The smallest absolute Gasteiger partial charge is 0.349 e. The van der Waals surface area contributed by atoms with Crippen LogP contribution in [0.15, 0.2) is 30.3 Å². The van der Waals surface area contributed by atoms with E-state index in [1.54, 1.807) is 6.42 Å². The Bertz CT molecular complexity index is 519. The van der Waals surface area contributed by atoms with E-state index in [0.717, 1.165) is 5.56 Å². The second-order valence-corrected chi connectivity index (χ2v) is 4.85. The van der Waals surface area contributed by atoms with E-state index < -0.39 is 29.7 Å². The summed E-state index contributed by atoms with van der Waals surface area (Å²) in [6.45, 7) is 1.41. The lowest BCUT2D eigenvalue weighted by Gasteiger charge is -2.15. The van der Waals surface area contributed by atoms with Crippen LogP contribution in [0.3, 0.4) is 0 Å². The number of nitrogens with two attached hydrogens (primary N) is 2. The number of nitrogens with one attached hydrogen (secondary N) is 1. The van der Waals surface area contributed by atoms with Crippen molar-refractivity contribution in [1.82, 2.24) is 5.48 Å². The van der Waals surface area contributed by atoms with Gasteiger partial charge in [-0.15, -0.1) is 0 Å². The standard InChI is InChI=1S/C15H20N3O4/c1-10(14(17)20)13(16)15(21)22-18-12(19)9-5-8-11-6-3-2-4-7-11/h2-7,10,13H,8-9,16H2,1H3,(H2,17,20)(H,18,19)/t10-,13-/m1/s1. The maximum atomic E-state index is 11.5. The average molecular weight is 306 g/mol. The third-order valence-corrected chi connectivity index (χ3v) is 3.08. The first-order valence-corrected chi connectivity index (χ1v) is 6.81. The molecule has 0 aliphatic carbocycles. The molecule has 1 rings (SSSR count). The van der Waals surface area contributed by atoms with Crippen molar-refractivity contribution in [2.75, 3.05) is 0 Å². The fraction of sp³-hybridized carbons (Fsp3) is 0.333. The van der Waals surface area contributed by atoms with Gasteiger partial charge in [-0.3, -0.25) is 9.59 Å². The first kappa shape index (κ1) is 17.6. The van der Waals surface area contributed by atoms with Crippen molar-refractivity contribution in [3.63, 3.8) is 0 Å². The molecule has 7 heteroatoms. The van der Waals surface area contributed by atoms with Crippen molar-refractivity contribution in [3.8, 4) is 0 Å². The third kappa shape index (κ3) is 5.92. The van der Waals surface area contributed by atoms with E-state index in [4.69, 9.17) is 11.5 Å². The molecule has 0 unspecified atom stereocenters. The molecule has 1 radical (unpaired) electrons. The largest absolute Gasteiger partial charge is 0.369 e. The van der Waals surface area contributed by atoms with Crippen molar-refractivity contribution >= 4 is 17.8 Å². The normalized spacial score (nSPS) is 13.0. The molecular formula is C15H20N3O4. The Morgan fingerprint density at radius 1 is 1.27 bits per heavy atom. The van der Waals surface area contributed by atoms with Crippen LogP contribution >= 0.6 is 0 Å². The number of primary amides is 1. The van der Waals surface area contributed by atoms with Gasteiger partial charge in [0, 0.05) is 6.42 Å². The van der Waals surface area contributed by atoms with Crippen LogP contribution in [-0.4, -0.2) is 23.8 Å². The molecule has 0 spiro atoms. The lowest BCUT2D eigenvalue weighted by atomic mass is 10.0. The average Bonchev–Trinajstić information content (AvgIpc) is 2.52. The van der Waals surface area contributed by atoms with Gasteiger partial charge in [-0.2, -0.15) is 5.48 Å². The highest BCUT2D eigenvalue weighted by Crippen LogP contribution is 2.04. The zero-order valence-corrected chi connectivity index (χ0v) is 12.3. The second kappa shape index (κ2) is 8.78. The number of carbonyl (C=O) groups is 3. The number of amides is 2. The van der Waals surface area contributed by atoms with Gasteiger partial charge in [0.05, 0.1) is 5.92 Å². The summed E-state index contributed by atoms with van der Waals surface area (Å²) >= 11 is 0. The first-order chi connectivity index (χ1) is 10.4. The summed E-state index contributed by atoms with van der Waals surface area (Å²) in [5, 5.41) is 0. The summed E-state index contributed by atoms with van der Waals surface area (Å²) in [4.78, 5) is 38.5. The van der Waals surface area contributed by atoms with Crippen LogP contribution in [0, 0.1) is 12.3 Å². The number of rotatable bonds is 7. The Labute approximate surface area is 128 Å². The zero-order chi connectivity index (χ0) is 16.5. The summed E-state index contributed by atoms with van der Waals surface area (Å²) in [5.41, 5.74) is 13.6. The Hall–Kier alpha value is -2.41. The highest BCUT2D eigenvalue weighted by molar-refractivity contribution is 5.87. The fourth-order valence-corrected chi connectivity index (χ4v) is 1.58. The molecule has 0 bridgehead atoms. The van der Waals surface area contributed by atoms with Gasteiger partial charge in [0.2, 0.25) is 5.91 Å². The molecule has 0 aliphatic rings. The Morgan fingerprint density at radius 2 is 1.91 bits per heavy atom. The van der Waals surface area contributed by atoms with Crippen LogP contribution in [0.5, 0.6) is 0 Å². The molecular weight excluding hydrogens is 286 g/mol. The molecule has 1 aromatic carbocycles. The van der Waals surface area contributed by atoms with E-state index in [1.165, 1.54) is 6.92 Å². The van der Waals surface area contributed by atoms with Crippen molar-refractivity contribution in [2.45, 2.75) is 25.8 Å². The minimum atomic E-state index is -1.22. The predicted molar refractivity (Wildman–Crippen MR) is 79.6 cm³/mol. The maximum absolute atomic E-state index is 11.5. The van der Waals surface area contributed by atoms with Crippen molar-refractivity contribution in [2.24, 2.45) is 17.4 Å². The van der Waals surface area contributed by atoms with Crippen molar-refractivity contribution in [1.29, 1.82) is 0 Å². The lowest BCUT2D eigenvalue weighted by molar-refractivity contribution is -0.161. The highest BCUT2D eigenvalue weighted by Gasteiger charge is 2.27. The van der Waals surface area contributed by atoms with Crippen LogP contribution in [0.2, 0.25) is 0 Å². The van der Waals surface area contributed by atoms with Gasteiger partial charge < -0.3 is 16.3 Å². The minimum absolute atomic E-state index is 0.0861. The predicted octanol–water partition coefficient (Wildman–Crippen LogP) is -0.153. The number of carbonyl (C=O) groups excluding carboxylic acids is 3.